The van der Waals surface area contributed by atoms with Gasteiger partial charge in [-0.3, -0.25) is 0 Å². The van der Waals surface area contributed by atoms with Crippen molar-refractivity contribution in [3.8, 4) is 5.75 Å². The van der Waals surface area contributed by atoms with E-state index in [0.29, 0.717) is 6.20 Å². The summed E-state index contributed by atoms with van der Waals surface area (Å²) < 4.78 is 87.6. The highest BCUT2D eigenvalue weighted by atomic mass is 35.7. The summed E-state index contributed by atoms with van der Waals surface area (Å²) in [6.07, 6.45) is -8.36. The van der Waals surface area contributed by atoms with Crippen LogP contribution in [-0.2, 0) is 15.6 Å². The first-order chi connectivity index (χ1) is 8.97. The molecule has 1 rings (SSSR count). The Hall–Kier alpha value is -1.20. The number of nitrogens with two attached hydrogens (primary N) is 1. The van der Waals surface area contributed by atoms with E-state index in [9.17, 15) is 30.4 Å². The lowest BCUT2D eigenvalue weighted by Gasteiger charge is -2.17. The van der Waals surface area contributed by atoms with Gasteiger partial charge in [-0.05, 0) is 0 Å². The van der Waals surface area contributed by atoms with E-state index in [-0.39, 0.29) is 0 Å². The first-order valence-corrected chi connectivity index (χ1v) is 6.98. The summed E-state index contributed by atoms with van der Waals surface area (Å²) in [6.45, 7) is -0.824. The smallest absolute Gasteiger partial charge is 0.403 e. The molecule has 1 aromatic heterocycles. The summed E-state index contributed by atoms with van der Waals surface area (Å²) in [5.41, 5.74) is 2.88. The molecule has 0 aliphatic rings. The number of halogens is 6. The first kappa shape index (κ1) is 16.9. The van der Waals surface area contributed by atoms with Gasteiger partial charge in [-0.2, -0.15) is 0 Å². The average molecular weight is 341 g/mol. The Morgan fingerprint density at radius 3 is 2.30 bits per heavy atom. The summed E-state index contributed by atoms with van der Waals surface area (Å²) >= 11 is 0. The minimum absolute atomic E-state index is 0.398. The number of hydrogen-bond donors (Lipinski definition) is 1. The molecule has 0 aromatic carbocycles. The van der Waals surface area contributed by atoms with Crippen LogP contribution in [-0.4, -0.2) is 19.8 Å². The predicted octanol–water partition coefficient (Wildman–Crippen LogP) is 2.30. The molecule has 1 aromatic rings. The summed E-state index contributed by atoms with van der Waals surface area (Å²) in [6, 6.07) is 0. The van der Waals surface area contributed by atoms with Crippen molar-refractivity contribution in [3.63, 3.8) is 0 Å². The minimum atomic E-state index is -5.33. The molecule has 0 aliphatic heterocycles. The van der Waals surface area contributed by atoms with Crippen molar-refractivity contribution in [2.45, 2.75) is 24.2 Å². The Kier molecular flexibility index (Phi) is 4.77. The van der Waals surface area contributed by atoms with Crippen molar-refractivity contribution in [3.05, 3.63) is 17.5 Å². The number of nitrogens with zero attached hydrogens (tertiary/aromatic N) is 1. The fraction of sp³-hybridized carbons (Fsp3) is 0.375. The van der Waals surface area contributed by atoms with Crippen LogP contribution in [0.15, 0.2) is 11.1 Å². The van der Waals surface area contributed by atoms with E-state index in [1.165, 1.54) is 0 Å². The van der Waals surface area contributed by atoms with Crippen molar-refractivity contribution < 1.29 is 35.1 Å². The second kappa shape index (κ2) is 5.66. The molecule has 114 valence electrons. The molecule has 0 aliphatic carbocycles. The van der Waals surface area contributed by atoms with Gasteiger partial charge in [0.2, 0.25) is 0 Å². The molecule has 0 spiro atoms. The van der Waals surface area contributed by atoms with Crippen LogP contribution in [0.2, 0.25) is 0 Å². The molecule has 0 amide bonds. The van der Waals surface area contributed by atoms with E-state index in [0.717, 1.165) is 0 Å². The van der Waals surface area contributed by atoms with Crippen LogP contribution in [0.5, 0.6) is 5.75 Å². The van der Waals surface area contributed by atoms with Gasteiger partial charge in [0.15, 0.2) is 5.75 Å². The lowest BCUT2D eigenvalue weighted by atomic mass is 10.2. The maximum atomic E-state index is 12.6. The number of ether oxygens (including phenoxy) is 1. The molecular weight excluding hydrogens is 335 g/mol. The average Bonchev–Trinajstić information content (AvgIpc) is 2.24. The third-order valence-corrected chi connectivity index (χ3v) is 3.39. The normalized spacial score (nSPS) is 12.8. The Labute approximate surface area is 113 Å². The molecule has 0 saturated heterocycles. The molecule has 1 heterocycles. The Bertz CT molecular complexity index is 605. The zero-order chi connectivity index (χ0) is 15.7. The van der Waals surface area contributed by atoms with Crippen molar-refractivity contribution in [2.24, 2.45) is 5.73 Å². The van der Waals surface area contributed by atoms with Crippen LogP contribution in [0.1, 0.15) is 17.7 Å². The van der Waals surface area contributed by atoms with Gasteiger partial charge in [-0.25, -0.2) is 22.2 Å². The maximum Gasteiger partial charge on any atom is 0.573 e. The molecule has 12 heteroatoms. The highest BCUT2D eigenvalue weighted by Gasteiger charge is 2.36. The summed E-state index contributed by atoms with van der Waals surface area (Å²) in [4.78, 5) is 2.02. The van der Waals surface area contributed by atoms with Crippen molar-refractivity contribution in [1.82, 2.24) is 4.98 Å². The number of alkyl halides is 5. The van der Waals surface area contributed by atoms with Crippen molar-refractivity contribution in [2.75, 3.05) is 0 Å². The molecule has 0 bridgehead atoms. The Morgan fingerprint density at radius 2 is 1.95 bits per heavy atom. The van der Waals surface area contributed by atoms with Crippen LogP contribution in [0, 0.1) is 0 Å². The Morgan fingerprint density at radius 1 is 1.40 bits per heavy atom. The lowest BCUT2D eigenvalue weighted by molar-refractivity contribution is -0.275. The van der Waals surface area contributed by atoms with Gasteiger partial charge in [0.05, 0.1) is 0 Å². The molecule has 2 N–H and O–H groups in total. The van der Waals surface area contributed by atoms with Crippen molar-refractivity contribution in [1.29, 1.82) is 0 Å². The molecule has 0 saturated carbocycles. The third kappa shape index (κ3) is 3.90. The van der Waals surface area contributed by atoms with Crippen molar-refractivity contribution >= 4 is 19.7 Å². The number of hydrogen-bond acceptors (Lipinski definition) is 5. The maximum absolute atomic E-state index is 12.6. The van der Waals surface area contributed by atoms with Gasteiger partial charge in [0, 0.05) is 29.0 Å². The predicted molar refractivity (Wildman–Crippen MR) is 56.8 cm³/mol. The molecule has 0 atom stereocenters. The van der Waals surface area contributed by atoms with Crippen LogP contribution in [0.4, 0.5) is 22.0 Å². The highest BCUT2D eigenvalue weighted by Crippen LogP contribution is 2.37. The quantitative estimate of drug-likeness (QED) is 0.672. The van der Waals surface area contributed by atoms with Gasteiger partial charge < -0.3 is 10.5 Å². The minimum Gasteiger partial charge on any atom is -0.403 e. The summed E-state index contributed by atoms with van der Waals surface area (Å²) in [5.74, 6) is -1.46. The van der Waals surface area contributed by atoms with Crippen LogP contribution in [0.25, 0.3) is 0 Å². The van der Waals surface area contributed by atoms with E-state index in [4.69, 9.17) is 16.4 Å². The van der Waals surface area contributed by atoms with E-state index >= 15 is 0 Å². The topological polar surface area (TPSA) is 82.3 Å². The van der Waals surface area contributed by atoms with Gasteiger partial charge in [-0.15, -0.1) is 13.2 Å². The van der Waals surface area contributed by atoms with E-state index < -0.39 is 50.3 Å². The molecule has 0 fully saturated rings. The van der Waals surface area contributed by atoms with Gasteiger partial charge in [0.25, 0.3) is 15.5 Å². The highest BCUT2D eigenvalue weighted by molar-refractivity contribution is 8.13. The van der Waals surface area contributed by atoms with E-state index in [1.807, 2.05) is 0 Å². The molecule has 5 nitrogen and oxygen atoms in total. The summed E-state index contributed by atoms with van der Waals surface area (Å²) in [7, 11) is 0.441. The number of aromatic nitrogens is 1. The summed E-state index contributed by atoms with van der Waals surface area (Å²) in [5, 5.41) is 0. The zero-order valence-corrected chi connectivity index (χ0v) is 10.9. The van der Waals surface area contributed by atoms with Gasteiger partial charge >= 0.3 is 6.36 Å². The molecular formula is C8H6ClF5N2O3S. The number of rotatable bonds is 4. The van der Waals surface area contributed by atoms with Gasteiger partial charge in [-0.1, -0.05) is 0 Å². The largest absolute Gasteiger partial charge is 0.573 e. The second-order valence-electron chi connectivity index (χ2n) is 3.31. The standard InChI is InChI=1S/C8H6ClF5N2O3S/c9-20(17,18)4-2-16-5(7(10)11)6(3(4)1-15)19-8(12,13)14/h2,7H,1,15H2. The fourth-order valence-corrected chi connectivity index (χ4v) is 2.37. The zero-order valence-electron chi connectivity index (χ0n) is 9.29. The Balaban J connectivity index is 3.63. The van der Waals surface area contributed by atoms with Crippen LogP contribution in [0.3, 0.4) is 0 Å². The SMILES string of the molecule is NCc1c(S(=O)(=O)Cl)cnc(C(F)F)c1OC(F)(F)F. The lowest BCUT2D eigenvalue weighted by Crippen LogP contribution is -2.21. The molecule has 0 unspecified atom stereocenters. The van der Waals surface area contributed by atoms with E-state index in [2.05, 4.69) is 9.72 Å². The van der Waals surface area contributed by atoms with Crippen LogP contribution >= 0.6 is 10.7 Å². The van der Waals surface area contributed by atoms with Crippen LogP contribution < -0.4 is 10.5 Å². The number of pyridine rings is 1. The second-order valence-corrected chi connectivity index (χ2v) is 5.84. The molecule has 20 heavy (non-hydrogen) atoms. The molecule has 0 radical (unpaired) electrons. The first-order valence-electron chi connectivity index (χ1n) is 4.67. The third-order valence-electron chi connectivity index (χ3n) is 2.02. The monoisotopic (exact) mass is 340 g/mol. The van der Waals surface area contributed by atoms with Gasteiger partial charge in [0.1, 0.15) is 10.6 Å². The van der Waals surface area contributed by atoms with E-state index in [1.54, 1.807) is 0 Å². The fourth-order valence-electron chi connectivity index (χ4n) is 1.32.